The van der Waals surface area contributed by atoms with E-state index in [-0.39, 0.29) is 5.69 Å². The predicted molar refractivity (Wildman–Crippen MR) is 52.4 cm³/mol. The van der Waals surface area contributed by atoms with Gasteiger partial charge in [0, 0.05) is 29.4 Å². The summed E-state index contributed by atoms with van der Waals surface area (Å²) in [4.78, 5) is 10.1. The molecule has 0 radical (unpaired) electrons. The summed E-state index contributed by atoms with van der Waals surface area (Å²) in [6.07, 6.45) is 0. The average molecular weight is 201 g/mol. The summed E-state index contributed by atoms with van der Waals surface area (Å²) < 4.78 is 0. The van der Waals surface area contributed by atoms with Crippen LogP contribution in [0.5, 0.6) is 0 Å². The Morgan fingerprint density at radius 3 is 2.62 bits per heavy atom. The fourth-order valence-corrected chi connectivity index (χ4v) is 1.33. The number of nitro groups is 1. The van der Waals surface area contributed by atoms with Crippen LogP contribution in [0.2, 0.25) is 5.02 Å². The Balaban J connectivity index is 3.35. The minimum Gasteiger partial charge on any atom is -0.388 e. The summed E-state index contributed by atoms with van der Waals surface area (Å²) >= 11 is 5.70. The van der Waals surface area contributed by atoms with Crippen molar-refractivity contribution in [3.63, 3.8) is 0 Å². The fraction of sp³-hybridized carbons (Fsp3) is 0.250. The standard InChI is InChI=1S/C8H9ClN2O2/c1-5-7(10-2)3-6(9)4-8(5)11(12)13/h3-4,10H,1-2H3. The molecule has 1 aromatic carbocycles. The van der Waals surface area contributed by atoms with Crippen molar-refractivity contribution in [3.05, 3.63) is 32.8 Å². The first kappa shape index (κ1) is 9.80. The molecule has 5 heteroatoms. The first-order valence-corrected chi connectivity index (χ1v) is 4.06. The van der Waals surface area contributed by atoms with Gasteiger partial charge in [-0.2, -0.15) is 0 Å². The minimum atomic E-state index is -0.442. The van der Waals surface area contributed by atoms with Gasteiger partial charge in [-0.1, -0.05) is 11.6 Å². The number of halogens is 1. The second-order valence-electron chi connectivity index (χ2n) is 2.60. The van der Waals surface area contributed by atoms with Crippen molar-refractivity contribution in [1.82, 2.24) is 0 Å². The lowest BCUT2D eigenvalue weighted by Gasteiger charge is -2.05. The molecule has 0 aliphatic heterocycles. The van der Waals surface area contributed by atoms with E-state index in [4.69, 9.17) is 11.6 Å². The number of anilines is 1. The Bertz CT molecular complexity index is 352. The Morgan fingerprint density at radius 1 is 1.54 bits per heavy atom. The zero-order chi connectivity index (χ0) is 10.0. The molecule has 0 fully saturated rings. The SMILES string of the molecule is CNc1cc(Cl)cc([N+](=O)[O-])c1C. The van der Waals surface area contributed by atoms with Crippen LogP contribution in [-0.4, -0.2) is 12.0 Å². The zero-order valence-corrected chi connectivity index (χ0v) is 8.05. The van der Waals surface area contributed by atoms with Crippen molar-refractivity contribution < 1.29 is 4.92 Å². The van der Waals surface area contributed by atoms with E-state index < -0.39 is 4.92 Å². The predicted octanol–water partition coefficient (Wildman–Crippen LogP) is 2.60. The molecular formula is C8H9ClN2O2. The topological polar surface area (TPSA) is 55.2 Å². The molecule has 13 heavy (non-hydrogen) atoms. The molecule has 0 aliphatic carbocycles. The van der Waals surface area contributed by atoms with Crippen molar-refractivity contribution in [3.8, 4) is 0 Å². The molecule has 0 amide bonds. The van der Waals surface area contributed by atoms with Crippen molar-refractivity contribution in [2.45, 2.75) is 6.92 Å². The molecule has 0 atom stereocenters. The van der Waals surface area contributed by atoms with Gasteiger partial charge in [-0.25, -0.2) is 0 Å². The summed E-state index contributed by atoms with van der Waals surface area (Å²) in [7, 11) is 1.70. The largest absolute Gasteiger partial charge is 0.388 e. The molecule has 0 aromatic heterocycles. The second kappa shape index (κ2) is 3.62. The van der Waals surface area contributed by atoms with Crippen molar-refractivity contribution in [2.75, 3.05) is 12.4 Å². The molecule has 0 aliphatic rings. The van der Waals surface area contributed by atoms with Gasteiger partial charge in [0.2, 0.25) is 0 Å². The van der Waals surface area contributed by atoms with E-state index in [0.717, 1.165) is 0 Å². The third-order valence-electron chi connectivity index (χ3n) is 1.81. The quantitative estimate of drug-likeness (QED) is 0.590. The second-order valence-corrected chi connectivity index (χ2v) is 3.04. The highest BCUT2D eigenvalue weighted by atomic mass is 35.5. The molecule has 0 heterocycles. The maximum atomic E-state index is 10.6. The van der Waals surface area contributed by atoms with Gasteiger partial charge in [0.1, 0.15) is 0 Å². The molecule has 0 saturated carbocycles. The van der Waals surface area contributed by atoms with Crippen LogP contribution in [0.15, 0.2) is 12.1 Å². The van der Waals surface area contributed by atoms with Crippen LogP contribution in [0.3, 0.4) is 0 Å². The van der Waals surface area contributed by atoms with Crippen LogP contribution in [0.1, 0.15) is 5.56 Å². The number of hydrogen-bond acceptors (Lipinski definition) is 3. The van der Waals surface area contributed by atoms with Gasteiger partial charge in [0.05, 0.1) is 4.92 Å². The number of nitro benzene ring substituents is 1. The smallest absolute Gasteiger partial charge is 0.275 e. The van der Waals surface area contributed by atoms with Gasteiger partial charge >= 0.3 is 0 Å². The van der Waals surface area contributed by atoms with Crippen LogP contribution in [-0.2, 0) is 0 Å². The lowest BCUT2D eigenvalue weighted by Crippen LogP contribution is -1.97. The van der Waals surface area contributed by atoms with Crippen molar-refractivity contribution in [2.24, 2.45) is 0 Å². The van der Waals surface area contributed by atoms with Gasteiger partial charge in [-0.05, 0) is 13.0 Å². The number of hydrogen-bond donors (Lipinski definition) is 1. The van der Waals surface area contributed by atoms with Crippen LogP contribution in [0.4, 0.5) is 11.4 Å². The molecular weight excluding hydrogens is 192 g/mol. The molecule has 1 rings (SSSR count). The third-order valence-corrected chi connectivity index (χ3v) is 2.03. The van der Waals surface area contributed by atoms with Gasteiger partial charge in [-0.15, -0.1) is 0 Å². The number of rotatable bonds is 2. The summed E-state index contributed by atoms with van der Waals surface area (Å²) in [5.74, 6) is 0. The zero-order valence-electron chi connectivity index (χ0n) is 7.30. The van der Waals surface area contributed by atoms with E-state index in [1.54, 1.807) is 20.0 Å². The maximum Gasteiger partial charge on any atom is 0.275 e. The number of benzene rings is 1. The monoisotopic (exact) mass is 200 g/mol. The van der Waals surface area contributed by atoms with Gasteiger partial charge in [0.25, 0.3) is 5.69 Å². The van der Waals surface area contributed by atoms with E-state index in [0.29, 0.717) is 16.3 Å². The highest BCUT2D eigenvalue weighted by molar-refractivity contribution is 6.31. The summed E-state index contributed by atoms with van der Waals surface area (Å²) in [5.41, 5.74) is 1.31. The highest BCUT2D eigenvalue weighted by Gasteiger charge is 2.14. The van der Waals surface area contributed by atoms with Crippen molar-refractivity contribution >= 4 is 23.0 Å². The summed E-state index contributed by atoms with van der Waals surface area (Å²) in [5, 5.41) is 13.8. The molecule has 0 spiro atoms. The first-order chi connectivity index (χ1) is 6.06. The highest BCUT2D eigenvalue weighted by Crippen LogP contribution is 2.29. The van der Waals surface area contributed by atoms with Gasteiger partial charge in [0.15, 0.2) is 0 Å². The number of nitrogens with zero attached hydrogens (tertiary/aromatic N) is 1. The summed E-state index contributed by atoms with van der Waals surface area (Å²) in [6.45, 7) is 1.68. The Kier molecular flexibility index (Phi) is 2.72. The molecule has 1 N–H and O–H groups in total. The molecule has 0 saturated heterocycles. The molecule has 0 bridgehead atoms. The Morgan fingerprint density at radius 2 is 2.15 bits per heavy atom. The van der Waals surface area contributed by atoms with Crippen LogP contribution in [0, 0.1) is 17.0 Å². The average Bonchev–Trinajstić information content (AvgIpc) is 2.08. The Hall–Kier alpha value is -1.29. The lowest BCUT2D eigenvalue weighted by atomic mass is 10.1. The molecule has 1 aromatic rings. The van der Waals surface area contributed by atoms with Crippen LogP contribution in [0.25, 0.3) is 0 Å². The van der Waals surface area contributed by atoms with E-state index in [1.807, 2.05) is 0 Å². The fourth-order valence-electron chi connectivity index (χ4n) is 1.11. The maximum absolute atomic E-state index is 10.6. The van der Waals surface area contributed by atoms with E-state index in [1.165, 1.54) is 6.07 Å². The molecule has 70 valence electrons. The normalized spacial score (nSPS) is 9.77. The molecule has 4 nitrogen and oxygen atoms in total. The molecule has 0 unspecified atom stereocenters. The van der Waals surface area contributed by atoms with E-state index in [2.05, 4.69) is 5.32 Å². The van der Waals surface area contributed by atoms with Crippen LogP contribution < -0.4 is 5.32 Å². The Labute approximate surface area is 80.7 Å². The van der Waals surface area contributed by atoms with Crippen LogP contribution >= 0.6 is 11.6 Å². The van der Waals surface area contributed by atoms with Gasteiger partial charge < -0.3 is 5.32 Å². The van der Waals surface area contributed by atoms with E-state index >= 15 is 0 Å². The lowest BCUT2D eigenvalue weighted by molar-refractivity contribution is -0.385. The number of nitrogens with one attached hydrogen (secondary N) is 1. The van der Waals surface area contributed by atoms with Gasteiger partial charge in [-0.3, -0.25) is 10.1 Å². The first-order valence-electron chi connectivity index (χ1n) is 3.68. The third kappa shape index (κ3) is 1.89. The van der Waals surface area contributed by atoms with Crippen molar-refractivity contribution in [1.29, 1.82) is 0 Å². The minimum absolute atomic E-state index is 0.0388. The summed E-state index contributed by atoms with van der Waals surface area (Å²) in [6, 6.07) is 3.00. The van der Waals surface area contributed by atoms with E-state index in [9.17, 15) is 10.1 Å².